The molecule has 0 amide bonds. The first-order valence-electron chi connectivity index (χ1n) is 2.00. The van der Waals surface area contributed by atoms with E-state index in [9.17, 15) is 0 Å². The predicted molar refractivity (Wildman–Crippen MR) is 31.4 cm³/mol. The Morgan fingerprint density at radius 2 is 0.412 bits per heavy atom. The standard InChI is InChI=1S/3H2O4S.2Pt/c3*1-5(2,3)4;;/h3*(H2,1,2,3,4);;/p-6. The van der Waals surface area contributed by atoms with Crippen molar-refractivity contribution in [2.75, 3.05) is 0 Å². The Morgan fingerprint density at radius 3 is 0.412 bits per heavy atom. The van der Waals surface area contributed by atoms with Crippen molar-refractivity contribution < 1.29 is 94.7 Å². The Hall–Kier alpha value is 0.987. The van der Waals surface area contributed by atoms with Gasteiger partial charge in [0.15, 0.2) is 0 Å². The monoisotopic (exact) mass is 678 g/mol. The van der Waals surface area contributed by atoms with E-state index in [1.807, 2.05) is 0 Å². The van der Waals surface area contributed by atoms with Crippen molar-refractivity contribution in [3.63, 3.8) is 0 Å². The van der Waals surface area contributed by atoms with Crippen LogP contribution < -0.4 is 0 Å². The van der Waals surface area contributed by atoms with E-state index < -0.39 is 31.2 Å². The molecule has 0 atom stereocenters. The van der Waals surface area contributed by atoms with Gasteiger partial charge in [0, 0.05) is 73.3 Å². The summed E-state index contributed by atoms with van der Waals surface area (Å²) in [5, 5.41) is 0. The summed E-state index contributed by atoms with van der Waals surface area (Å²) in [5.41, 5.74) is 0. The van der Waals surface area contributed by atoms with Gasteiger partial charge in [-0.25, -0.2) is 0 Å². The molecule has 0 aromatic heterocycles. The minimum absolute atomic E-state index is 0. The van der Waals surface area contributed by atoms with E-state index in [0.717, 1.165) is 0 Å². The molecule has 0 unspecified atom stereocenters. The van der Waals surface area contributed by atoms with Gasteiger partial charge in [0.25, 0.3) is 0 Å². The van der Waals surface area contributed by atoms with Crippen LogP contribution in [0.3, 0.4) is 0 Å². The number of hydrogen-bond acceptors (Lipinski definition) is 12. The SMILES string of the molecule is O=S(=O)([O-])[O-].O=S(=O)([O-])[O-].O=S(=O)([O-])[O-].[Pt].[Pt]. The zero-order chi connectivity index (χ0) is 13.5. The van der Waals surface area contributed by atoms with Crippen LogP contribution in [-0.4, -0.2) is 52.6 Å². The van der Waals surface area contributed by atoms with E-state index in [0.29, 0.717) is 0 Å². The van der Waals surface area contributed by atoms with E-state index >= 15 is 0 Å². The first kappa shape index (κ1) is 30.8. The van der Waals surface area contributed by atoms with Gasteiger partial charge >= 0.3 is 0 Å². The second-order valence-electron chi connectivity index (χ2n) is 1.22. The molecular formula is O12Pt2S3-6. The van der Waals surface area contributed by atoms with Gasteiger partial charge in [0.1, 0.15) is 0 Å². The van der Waals surface area contributed by atoms with Gasteiger partial charge in [-0.1, -0.05) is 0 Å². The molecule has 12 nitrogen and oxygen atoms in total. The molecule has 0 N–H and O–H groups in total. The molecule has 0 heterocycles. The molecule has 0 aliphatic rings. The van der Waals surface area contributed by atoms with E-state index in [1.165, 1.54) is 0 Å². The van der Waals surface area contributed by atoms with Crippen LogP contribution in [0.2, 0.25) is 0 Å². The van der Waals surface area contributed by atoms with Crippen molar-refractivity contribution in [2.45, 2.75) is 0 Å². The van der Waals surface area contributed by atoms with Crippen LogP contribution in [0.5, 0.6) is 0 Å². The van der Waals surface area contributed by atoms with E-state index in [2.05, 4.69) is 0 Å². The summed E-state index contributed by atoms with van der Waals surface area (Å²) in [7, 11) is -15.5. The molecule has 0 fully saturated rings. The predicted octanol–water partition coefficient (Wildman–Crippen LogP) is -4.02. The fraction of sp³-hybridized carbons (Fsp3) is 0. The van der Waals surface area contributed by atoms with Gasteiger partial charge < -0.3 is 27.3 Å². The van der Waals surface area contributed by atoms with Crippen LogP contribution in [-0.2, 0) is 73.3 Å². The van der Waals surface area contributed by atoms with Crippen LogP contribution >= 0.6 is 0 Å². The average Bonchev–Trinajstić information content (AvgIpc) is 1.41. The van der Waals surface area contributed by atoms with Gasteiger partial charge in [-0.15, -0.1) is 0 Å². The minimum Gasteiger partial charge on any atom is -0.759 e. The van der Waals surface area contributed by atoms with Gasteiger partial charge in [-0.05, 0) is 0 Å². The maximum absolute atomic E-state index is 8.52. The molecule has 0 saturated carbocycles. The summed E-state index contributed by atoms with van der Waals surface area (Å²) >= 11 is 0. The largest absolute Gasteiger partial charge is 0.759 e. The summed E-state index contributed by atoms with van der Waals surface area (Å²) in [6, 6.07) is 0. The topological polar surface area (TPSA) is 241 Å². The molecule has 0 rings (SSSR count). The van der Waals surface area contributed by atoms with E-state index in [-0.39, 0.29) is 42.1 Å². The zero-order valence-electron chi connectivity index (χ0n) is 6.76. The van der Waals surface area contributed by atoms with Crippen molar-refractivity contribution in [1.29, 1.82) is 0 Å². The van der Waals surface area contributed by atoms with Crippen LogP contribution in [0.4, 0.5) is 0 Å². The van der Waals surface area contributed by atoms with Gasteiger partial charge in [-0.2, -0.15) is 0 Å². The van der Waals surface area contributed by atoms with Gasteiger partial charge in [0.2, 0.25) is 0 Å². The fourth-order valence-corrected chi connectivity index (χ4v) is 0. The molecule has 0 bridgehead atoms. The molecule has 17 heteroatoms. The third-order valence-corrected chi connectivity index (χ3v) is 0. The van der Waals surface area contributed by atoms with E-state index in [4.69, 9.17) is 52.6 Å². The van der Waals surface area contributed by atoms with E-state index in [1.54, 1.807) is 0 Å². The first-order chi connectivity index (χ1) is 6.00. The molecule has 116 valence electrons. The summed E-state index contributed by atoms with van der Waals surface area (Å²) in [6.45, 7) is 0. The molecular weight excluding hydrogens is 678 g/mol. The molecule has 0 aromatic carbocycles. The summed E-state index contributed by atoms with van der Waals surface area (Å²) < 4.78 is 102. The Labute approximate surface area is 125 Å². The van der Waals surface area contributed by atoms with Gasteiger partial charge in [0.05, 0.1) is 0 Å². The normalized spacial score (nSPS) is 10.2. The molecule has 0 aliphatic heterocycles. The minimum atomic E-state index is -5.17. The average molecular weight is 678 g/mol. The van der Waals surface area contributed by atoms with Crippen LogP contribution in [0.15, 0.2) is 0 Å². The smallest absolute Gasteiger partial charge is 0.0311 e. The second kappa shape index (κ2) is 12.0. The zero-order valence-corrected chi connectivity index (χ0v) is 13.8. The summed E-state index contributed by atoms with van der Waals surface area (Å²) in [5.74, 6) is 0. The Kier molecular flexibility index (Phi) is 21.8. The third kappa shape index (κ3) is 3920. The Morgan fingerprint density at radius 1 is 0.412 bits per heavy atom. The van der Waals surface area contributed by atoms with Crippen LogP contribution in [0.1, 0.15) is 0 Å². The van der Waals surface area contributed by atoms with Crippen molar-refractivity contribution in [2.24, 2.45) is 0 Å². The first-order valence-corrected chi connectivity index (χ1v) is 6.00. The maximum atomic E-state index is 8.52. The summed E-state index contributed by atoms with van der Waals surface area (Å²) in [4.78, 5) is 0. The van der Waals surface area contributed by atoms with Crippen molar-refractivity contribution in [3.8, 4) is 0 Å². The molecule has 0 aromatic rings. The third-order valence-electron chi connectivity index (χ3n) is 0. The van der Waals surface area contributed by atoms with Gasteiger partial charge in [-0.3, -0.25) is 25.3 Å². The fourth-order valence-electron chi connectivity index (χ4n) is 0. The number of hydrogen-bond donors (Lipinski definition) is 0. The van der Waals surface area contributed by atoms with Crippen molar-refractivity contribution in [3.05, 3.63) is 0 Å². The molecule has 0 spiro atoms. The Bertz CT molecular complexity index is 341. The van der Waals surface area contributed by atoms with Crippen molar-refractivity contribution >= 4 is 31.2 Å². The quantitative estimate of drug-likeness (QED) is 0.176. The molecule has 0 aliphatic carbocycles. The Balaban J connectivity index is -0.0000000400. The molecule has 17 heavy (non-hydrogen) atoms. The number of rotatable bonds is 0. The summed E-state index contributed by atoms with van der Waals surface area (Å²) in [6.07, 6.45) is 0. The molecule has 0 radical (unpaired) electrons. The van der Waals surface area contributed by atoms with Crippen LogP contribution in [0.25, 0.3) is 0 Å². The van der Waals surface area contributed by atoms with Crippen LogP contribution in [0, 0.1) is 0 Å². The molecule has 0 saturated heterocycles. The maximum Gasteiger partial charge on any atom is 0.0311 e. The second-order valence-corrected chi connectivity index (χ2v) is 3.67. The van der Waals surface area contributed by atoms with Crippen molar-refractivity contribution in [1.82, 2.24) is 0 Å².